The normalized spacial score (nSPS) is 12.1. The second kappa shape index (κ2) is 61.9. The lowest BCUT2D eigenvalue weighted by molar-refractivity contribution is -0.161. The first-order valence-corrected chi connectivity index (χ1v) is 32.2. The Morgan fingerprint density at radius 3 is 0.771 bits per heavy atom. The summed E-state index contributed by atoms with van der Waals surface area (Å²) in [5.41, 5.74) is 0. The van der Waals surface area contributed by atoms with Gasteiger partial charge < -0.3 is 14.6 Å². The van der Waals surface area contributed by atoms with Crippen LogP contribution in [0.5, 0.6) is 0 Å². The van der Waals surface area contributed by atoms with Crippen LogP contribution in [0.2, 0.25) is 0 Å². The Balaban J connectivity index is 3.34. The molecule has 5 nitrogen and oxygen atoms in total. The molecule has 0 fully saturated rings. The molecule has 0 saturated heterocycles. The van der Waals surface area contributed by atoms with E-state index in [0.717, 1.165) is 32.1 Å². The molecule has 0 spiro atoms. The number of esters is 2. The van der Waals surface area contributed by atoms with E-state index in [2.05, 4.69) is 26.0 Å². The van der Waals surface area contributed by atoms with Crippen LogP contribution < -0.4 is 0 Å². The fourth-order valence-electron chi connectivity index (χ4n) is 10.2. The van der Waals surface area contributed by atoms with Crippen LogP contribution in [0.3, 0.4) is 0 Å². The summed E-state index contributed by atoms with van der Waals surface area (Å²) in [5.74, 6) is -0.564. The minimum Gasteiger partial charge on any atom is -0.462 e. The number of unbranched alkanes of at least 4 members (excludes halogenated alkanes) is 51. The number of aliphatic hydroxyl groups is 1. The van der Waals surface area contributed by atoms with Crippen LogP contribution in [0.25, 0.3) is 0 Å². The third-order valence-electron chi connectivity index (χ3n) is 15.1. The Kier molecular flexibility index (Phi) is 60.7. The van der Waals surface area contributed by atoms with Gasteiger partial charge in [0.1, 0.15) is 6.61 Å². The Morgan fingerprint density at radius 2 is 0.529 bits per heavy atom. The molecule has 0 aromatic rings. The highest BCUT2D eigenvalue weighted by molar-refractivity contribution is 5.70. The first kappa shape index (κ1) is 68.6. The molecule has 416 valence electrons. The maximum absolute atomic E-state index is 12.3. The minimum atomic E-state index is -0.765. The van der Waals surface area contributed by atoms with Gasteiger partial charge in [-0.05, 0) is 38.5 Å². The number of carbonyl (C=O) groups is 2. The van der Waals surface area contributed by atoms with Gasteiger partial charge in [-0.1, -0.05) is 334 Å². The van der Waals surface area contributed by atoms with Gasteiger partial charge in [0.15, 0.2) is 6.10 Å². The average Bonchev–Trinajstić information content (AvgIpc) is 3.36. The molecule has 1 N–H and O–H groups in total. The van der Waals surface area contributed by atoms with Gasteiger partial charge in [-0.25, -0.2) is 0 Å². The van der Waals surface area contributed by atoms with Crippen molar-refractivity contribution in [1.29, 1.82) is 0 Å². The van der Waals surface area contributed by atoms with Crippen molar-refractivity contribution >= 4 is 11.9 Å². The molecule has 0 heterocycles. The van der Waals surface area contributed by atoms with Crippen LogP contribution in [0, 0.1) is 0 Å². The first-order chi connectivity index (χ1) is 34.6. The van der Waals surface area contributed by atoms with Crippen LogP contribution in [0.4, 0.5) is 0 Å². The second-order valence-electron chi connectivity index (χ2n) is 22.2. The van der Waals surface area contributed by atoms with Crippen molar-refractivity contribution in [3.05, 3.63) is 12.2 Å². The highest BCUT2D eigenvalue weighted by Crippen LogP contribution is 2.19. The Labute approximate surface area is 439 Å². The molecule has 0 aromatic carbocycles. The number of allylic oxidation sites excluding steroid dienone is 2. The molecule has 0 aliphatic heterocycles. The molecule has 0 amide bonds. The van der Waals surface area contributed by atoms with E-state index < -0.39 is 6.10 Å². The number of carbonyl (C=O) groups excluding carboxylic acids is 2. The van der Waals surface area contributed by atoms with E-state index in [0.29, 0.717) is 12.8 Å². The summed E-state index contributed by atoms with van der Waals surface area (Å²) in [7, 11) is 0. The number of hydrogen-bond acceptors (Lipinski definition) is 5. The number of hydrogen-bond donors (Lipinski definition) is 1. The summed E-state index contributed by atoms with van der Waals surface area (Å²) in [6.45, 7) is 4.20. The fraction of sp³-hybridized carbons (Fsp3) is 0.938. The fourth-order valence-corrected chi connectivity index (χ4v) is 10.2. The lowest BCUT2D eigenvalue weighted by Gasteiger charge is -2.15. The monoisotopic (exact) mass is 987 g/mol. The van der Waals surface area contributed by atoms with Gasteiger partial charge in [0.05, 0.1) is 6.61 Å². The topological polar surface area (TPSA) is 72.8 Å². The van der Waals surface area contributed by atoms with Crippen molar-refractivity contribution in [2.24, 2.45) is 0 Å². The smallest absolute Gasteiger partial charge is 0.306 e. The minimum absolute atomic E-state index is 0.0566. The maximum atomic E-state index is 12.3. The largest absolute Gasteiger partial charge is 0.462 e. The molecule has 0 aliphatic carbocycles. The molecule has 5 heteroatoms. The Hall–Kier alpha value is -1.36. The first-order valence-electron chi connectivity index (χ1n) is 32.2. The lowest BCUT2D eigenvalue weighted by Crippen LogP contribution is -2.28. The zero-order valence-corrected chi connectivity index (χ0v) is 47.8. The summed E-state index contributed by atoms with van der Waals surface area (Å²) in [4.78, 5) is 24.5. The van der Waals surface area contributed by atoms with Gasteiger partial charge in [0.2, 0.25) is 0 Å². The zero-order valence-electron chi connectivity index (χ0n) is 47.8. The van der Waals surface area contributed by atoms with E-state index in [1.165, 1.54) is 315 Å². The quantitative estimate of drug-likeness (QED) is 0.0373. The average molecular weight is 988 g/mol. The Bertz CT molecular complexity index is 1030. The van der Waals surface area contributed by atoms with Crippen molar-refractivity contribution in [2.75, 3.05) is 13.2 Å². The summed E-state index contributed by atoms with van der Waals surface area (Å²) < 4.78 is 10.7. The van der Waals surface area contributed by atoms with Gasteiger partial charge in [0.25, 0.3) is 0 Å². The highest BCUT2D eigenvalue weighted by atomic mass is 16.6. The van der Waals surface area contributed by atoms with Crippen molar-refractivity contribution in [2.45, 2.75) is 380 Å². The molecule has 0 rings (SSSR count). The highest BCUT2D eigenvalue weighted by Gasteiger charge is 2.16. The summed E-state index contributed by atoms with van der Waals surface area (Å²) in [6.07, 6.45) is 78.1. The predicted molar refractivity (Wildman–Crippen MR) is 307 cm³/mol. The third-order valence-corrected chi connectivity index (χ3v) is 15.1. The van der Waals surface area contributed by atoms with Crippen molar-refractivity contribution in [3.63, 3.8) is 0 Å². The lowest BCUT2D eigenvalue weighted by atomic mass is 10.0. The van der Waals surface area contributed by atoms with Gasteiger partial charge >= 0.3 is 11.9 Å². The molecule has 1 unspecified atom stereocenters. The molecular weight excluding hydrogens is 861 g/mol. The van der Waals surface area contributed by atoms with Gasteiger partial charge in [-0.2, -0.15) is 0 Å². The van der Waals surface area contributed by atoms with E-state index in [-0.39, 0.29) is 25.2 Å². The summed E-state index contributed by atoms with van der Waals surface area (Å²) in [6, 6.07) is 0. The predicted octanol–water partition coefficient (Wildman–Crippen LogP) is 21.9. The van der Waals surface area contributed by atoms with Crippen molar-refractivity contribution < 1.29 is 24.2 Å². The number of aliphatic hydroxyl groups excluding tert-OH is 1. The van der Waals surface area contributed by atoms with Gasteiger partial charge in [-0.15, -0.1) is 0 Å². The van der Waals surface area contributed by atoms with Crippen molar-refractivity contribution in [3.8, 4) is 0 Å². The maximum Gasteiger partial charge on any atom is 0.306 e. The van der Waals surface area contributed by atoms with Crippen LogP contribution in [-0.4, -0.2) is 36.4 Å². The SMILES string of the molecule is CCCCCCCCCC/C=C\CCCCCCCCCCCCCCCCCCCCCCCCCCCCCC(=O)OC(CO)COC(=O)CCCCCCCCCCCCCCCCCCC. The second-order valence-corrected chi connectivity index (χ2v) is 22.2. The van der Waals surface area contributed by atoms with Crippen molar-refractivity contribution in [1.82, 2.24) is 0 Å². The molecule has 70 heavy (non-hydrogen) atoms. The summed E-state index contributed by atoms with van der Waals surface area (Å²) in [5, 5.41) is 9.66. The van der Waals surface area contributed by atoms with E-state index in [1.54, 1.807) is 0 Å². The molecule has 1 atom stereocenters. The van der Waals surface area contributed by atoms with E-state index in [1.807, 2.05) is 0 Å². The molecule has 0 saturated carbocycles. The summed E-state index contributed by atoms with van der Waals surface area (Å²) >= 11 is 0. The van der Waals surface area contributed by atoms with E-state index in [4.69, 9.17) is 9.47 Å². The van der Waals surface area contributed by atoms with Crippen LogP contribution >= 0.6 is 0 Å². The van der Waals surface area contributed by atoms with Crippen LogP contribution in [0.1, 0.15) is 373 Å². The third kappa shape index (κ3) is 59.2. The number of ether oxygens (including phenoxy) is 2. The molecular formula is C65H126O5. The molecule has 0 bridgehead atoms. The zero-order chi connectivity index (χ0) is 50.6. The Morgan fingerprint density at radius 1 is 0.314 bits per heavy atom. The van der Waals surface area contributed by atoms with Crippen LogP contribution in [-0.2, 0) is 19.1 Å². The standard InChI is InChI=1S/C65H126O5/c1-3-5-7-9-11-13-15-17-19-21-22-23-24-25-26-27-28-29-30-31-32-33-34-35-36-37-38-39-40-41-42-44-46-48-50-52-54-56-58-60-65(68)70-63(61-66)62-69-64(67)59-57-55-53-51-49-47-45-43-20-18-16-14-12-10-8-6-4-2/h21-22,63,66H,3-20,23-62H2,1-2H3/b22-21-. The van der Waals surface area contributed by atoms with Gasteiger partial charge in [0, 0.05) is 12.8 Å². The molecule has 0 radical (unpaired) electrons. The molecule has 0 aromatic heterocycles. The van der Waals surface area contributed by atoms with E-state index in [9.17, 15) is 14.7 Å². The van der Waals surface area contributed by atoms with Gasteiger partial charge in [-0.3, -0.25) is 9.59 Å². The van der Waals surface area contributed by atoms with Crippen LogP contribution in [0.15, 0.2) is 12.2 Å². The van der Waals surface area contributed by atoms with E-state index >= 15 is 0 Å². The number of rotatable bonds is 61. The molecule has 0 aliphatic rings.